The molecule has 1 saturated heterocycles. The second-order valence-electron chi connectivity index (χ2n) is 10.7. The van der Waals surface area contributed by atoms with Crippen molar-refractivity contribution in [2.45, 2.75) is 77.3 Å². The first kappa shape index (κ1) is 34.6. The van der Waals surface area contributed by atoms with Gasteiger partial charge in [0.15, 0.2) is 0 Å². The average Bonchev–Trinajstić information content (AvgIpc) is 3.05. The molecule has 0 unspecified atom stereocenters. The van der Waals surface area contributed by atoms with Gasteiger partial charge in [0.25, 0.3) is 11.8 Å². The Balaban J connectivity index is 0.00000259. The van der Waals surface area contributed by atoms with E-state index >= 15 is 0 Å². The van der Waals surface area contributed by atoms with E-state index in [2.05, 4.69) is 10.1 Å². The third-order valence-electron chi connectivity index (χ3n) is 7.96. The summed E-state index contributed by atoms with van der Waals surface area (Å²) in [5.74, 6) is -0.322. The third-order valence-corrected chi connectivity index (χ3v) is 7.96. The summed E-state index contributed by atoms with van der Waals surface area (Å²) in [6.45, 7) is 5.60. The number of nitrogens with zero attached hydrogens (tertiary/aromatic N) is 1. The molecule has 0 spiro atoms. The summed E-state index contributed by atoms with van der Waals surface area (Å²) in [7, 11) is 1.39. The average molecular weight is 613 g/mol. The van der Waals surface area contributed by atoms with Crippen LogP contribution in [-0.4, -0.2) is 49.4 Å². The highest BCUT2D eigenvalue weighted by Gasteiger charge is 2.33. The Kier molecular flexibility index (Phi) is 13.2. The Hall–Kier alpha value is -3.88. The van der Waals surface area contributed by atoms with E-state index in [1.54, 1.807) is 17.0 Å². The number of piperidine rings is 1. The maximum Gasteiger partial charge on any atom is 0.417 e. The van der Waals surface area contributed by atoms with Gasteiger partial charge in [0.05, 0.1) is 12.7 Å². The van der Waals surface area contributed by atoms with Gasteiger partial charge in [-0.05, 0) is 72.2 Å². The van der Waals surface area contributed by atoms with Crippen molar-refractivity contribution in [1.82, 2.24) is 10.2 Å². The minimum atomic E-state index is -4.50. The van der Waals surface area contributed by atoms with Crippen molar-refractivity contribution < 1.29 is 32.3 Å². The second kappa shape index (κ2) is 16.8. The van der Waals surface area contributed by atoms with Crippen LogP contribution in [-0.2, 0) is 15.7 Å². The molecule has 2 amide bonds. The largest absolute Gasteiger partial charge is 0.469 e. The third kappa shape index (κ3) is 9.31. The van der Waals surface area contributed by atoms with E-state index in [0.29, 0.717) is 37.0 Å². The van der Waals surface area contributed by atoms with E-state index in [-0.39, 0.29) is 34.7 Å². The Morgan fingerprint density at radius 3 is 2.11 bits per heavy atom. The highest BCUT2D eigenvalue weighted by Crippen LogP contribution is 2.36. The molecule has 0 aliphatic carbocycles. The number of esters is 1. The van der Waals surface area contributed by atoms with E-state index < -0.39 is 11.7 Å². The molecule has 1 N–H and O–H groups in total. The summed E-state index contributed by atoms with van der Waals surface area (Å²) < 4.78 is 45.1. The molecule has 0 radical (unpaired) electrons. The number of halogens is 3. The Bertz CT molecular complexity index is 1380. The molecule has 1 aliphatic heterocycles. The Labute approximate surface area is 258 Å². The molecule has 238 valence electrons. The topological polar surface area (TPSA) is 75.7 Å². The fourth-order valence-corrected chi connectivity index (χ4v) is 5.57. The number of nitrogens with one attached hydrogen (secondary N) is 1. The molecule has 1 fully saturated rings. The number of amides is 2. The molecular formula is C35H43F3N2O4. The lowest BCUT2D eigenvalue weighted by Gasteiger charge is -2.32. The standard InChI is InChI=1S/C33H37F3N2O4.C2H6/c1-42-30(39)13-5-3-2-4-6-20-37-31(40)25-16-14-23(15-17-25)24-18-21-38(22-19-24)32(41)28-11-7-10-27-26(28)9-8-12-29(27)33(34,35)36;1-2/h7-12,14-17,24H,2-6,13,18-22H2,1H3,(H,37,40);1-2H3. The van der Waals surface area contributed by atoms with Gasteiger partial charge in [0.1, 0.15) is 0 Å². The molecule has 3 aromatic rings. The fraction of sp³-hybridized carbons (Fsp3) is 0.457. The zero-order valence-corrected chi connectivity index (χ0v) is 25.8. The molecule has 1 aliphatic rings. The maximum absolute atomic E-state index is 13.5. The quantitative estimate of drug-likeness (QED) is 0.175. The number of hydrogen-bond donors (Lipinski definition) is 1. The van der Waals surface area contributed by atoms with Crippen LogP contribution in [0.1, 0.15) is 103 Å². The van der Waals surface area contributed by atoms with Gasteiger partial charge in [-0.15, -0.1) is 0 Å². The summed E-state index contributed by atoms with van der Waals surface area (Å²) in [6, 6.07) is 16.0. The van der Waals surface area contributed by atoms with Gasteiger partial charge in [-0.3, -0.25) is 14.4 Å². The van der Waals surface area contributed by atoms with Crippen LogP contribution < -0.4 is 5.32 Å². The first-order valence-electron chi connectivity index (χ1n) is 15.5. The van der Waals surface area contributed by atoms with Gasteiger partial charge in [-0.1, -0.05) is 69.5 Å². The molecule has 1 heterocycles. The molecule has 3 aromatic carbocycles. The van der Waals surface area contributed by atoms with Gasteiger partial charge >= 0.3 is 12.1 Å². The number of hydrogen-bond acceptors (Lipinski definition) is 4. The van der Waals surface area contributed by atoms with Crippen LogP contribution >= 0.6 is 0 Å². The first-order valence-corrected chi connectivity index (χ1v) is 15.5. The summed E-state index contributed by atoms with van der Waals surface area (Å²) in [5, 5.41) is 3.29. The van der Waals surface area contributed by atoms with E-state index in [4.69, 9.17) is 0 Å². The smallest absolute Gasteiger partial charge is 0.417 e. The van der Waals surface area contributed by atoms with Crippen LogP contribution in [0.5, 0.6) is 0 Å². The predicted octanol–water partition coefficient (Wildman–Crippen LogP) is 8.15. The van der Waals surface area contributed by atoms with E-state index in [9.17, 15) is 27.6 Å². The van der Waals surface area contributed by atoms with Crippen molar-refractivity contribution in [3.8, 4) is 0 Å². The van der Waals surface area contributed by atoms with Crippen molar-refractivity contribution in [3.63, 3.8) is 0 Å². The summed E-state index contributed by atoms with van der Waals surface area (Å²) in [5.41, 5.74) is 1.24. The minimum absolute atomic E-state index is 0.0299. The number of fused-ring (bicyclic) bond motifs is 1. The predicted molar refractivity (Wildman–Crippen MR) is 167 cm³/mol. The fourth-order valence-electron chi connectivity index (χ4n) is 5.57. The Morgan fingerprint density at radius 2 is 1.45 bits per heavy atom. The lowest BCUT2D eigenvalue weighted by Crippen LogP contribution is -2.38. The lowest BCUT2D eigenvalue weighted by atomic mass is 9.88. The summed E-state index contributed by atoms with van der Waals surface area (Å²) >= 11 is 0. The number of alkyl halides is 3. The molecule has 0 bridgehead atoms. The lowest BCUT2D eigenvalue weighted by molar-refractivity contribution is -0.140. The SMILES string of the molecule is CC.COC(=O)CCCCCCCNC(=O)c1ccc(C2CCN(C(=O)c3cccc4c(C(F)(F)F)cccc34)CC2)cc1. The van der Waals surface area contributed by atoms with Crippen molar-refractivity contribution in [2.75, 3.05) is 26.7 Å². The highest BCUT2D eigenvalue weighted by molar-refractivity contribution is 6.07. The zero-order chi connectivity index (χ0) is 32.1. The van der Waals surface area contributed by atoms with Crippen molar-refractivity contribution in [1.29, 1.82) is 0 Å². The van der Waals surface area contributed by atoms with Gasteiger partial charge in [-0.25, -0.2) is 0 Å². The van der Waals surface area contributed by atoms with Gasteiger partial charge in [0, 0.05) is 37.2 Å². The van der Waals surface area contributed by atoms with Gasteiger partial charge in [0.2, 0.25) is 0 Å². The monoisotopic (exact) mass is 612 g/mol. The molecule has 0 atom stereocenters. The Morgan fingerprint density at radius 1 is 0.841 bits per heavy atom. The molecular weight excluding hydrogens is 569 g/mol. The van der Waals surface area contributed by atoms with Crippen LogP contribution in [0.25, 0.3) is 10.8 Å². The number of methoxy groups -OCH3 is 1. The molecule has 6 nitrogen and oxygen atoms in total. The van der Waals surface area contributed by atoms with Crippen molar-refractivity contribution >= 4 is 28.6 Å². The molecule has 9 heteroatoms. The van der Waals surface area contributed by atoms with E-state index in [0.717, 1.165) is 56.6 Å². The summed E-state index contributed by atoms with van der Waals surface area (Å²) in [6.07, 6.45) is 2.06. The number of benzene rings is 3. The van der Waals surface area contributed by atoms with Crippen LogP contribution in [0.4, 0.5) is 13.2 Å². The zero-order valence-electron chi connectivity index (χ0n) is 25.8. The number of carbonyl (C=O) groups excluding carboxylic acids is 3. The van der Waals surface area contributed by atoms with Gasteiger partial charge < -0.3 is 15.0 Å². The first-order chi connectivity index (χ1) is 21.2. The van der Waals surface area contributed by atoms with Crippen LogP contribution in [0.2, 0.25) is 0 Å². The minimum Gasteiger partial charge on any atom is -0.469 e. The van der Waals surface area contributed by atoms with E-state index in [1.807, 2.05) is 38.1 Å². The number of ether oxygens (including phenoxy) is 1. The number of likely N-dealkylation sites (tertiary alicyclic amines) is 1. The number of carbonyl (C=O) groups is 3. The molecule has 4 rings (SSSR count). The number of rotatable bonds is 11. The summed E-state index contributed by atoms with van der Waals surface area (Å²) in [4.78, 5) is 38.7. The molecule has 0 aromatic heterocycles. The van der Waals surface area contributed by atoms with Crippen LogP contribution in [0, 0.1) is 0 Å². The second-order valence-corrected chi connectivity index (χ2v) is 10.7. The van der Waals surface area contributed by atoms with E-state index in [1.165, 1.54) is 25.3 Å². The highest BCUT2D eigenvalue weighted by atomic mass is 19.4. The van der Waals surface area contributed by atoms with Crippen molar-refractivity contribution in [2.24, 2.45) is 0 Å². The van der Waals surface area contributed by atoms with Crippen LogP contribution in [0.15, 0.2) is 60.7 Å². The van der Waals surface area contributed by atoms with Crippen LogP contribution in [0.3, 0.4) is 0 Å². The molecule has 44 heavy (non-hydrogen) atoms. The van der Waals surface area contributed by atoms with Gasteiger partial charge in [-0.2, -0.15) is 13.2 Å². The molecule has 0 saturated carbocycles. The number of unbranched alkanes of at least 4 members (excludes halogenated alkanes) is 4. The maximum atomic E-state index is 13.5. The van der Waals surface area contributed by atoms with Crippen molar-refractivity contribution in [3.05, 3.63) is 82.9 Å². The normalized spacial score (nSPS) is 13.6.